The Labute approximate surface area is 135 Å². The Kier molecular flexibility index (Phi) is 4.12. The summed E-state index contributed by atoms with van der Waals surface area (Å²) in [7, 11) is 0. The second-order valence-electron chi connectivity index (χ2n) is 5.69. The minimum Gasteiger partial charge on any atom is -0.325 e. The summed E-state index contributed by atoms with van der Waals surface area (Å²) < 4.78 is 0. The summed E-state index contributed by atoms with van der Waals surface area (Å²) in [5.41, 5.74) is 8.92. The van der Waals surface area contributed by atoms with Crippen LogP contribution < -0.4 is 16.0 Å². The van der Waals surface area contributed by atoms with Gasteiger partial charge in [-0.05, 0) is 49.2 Å². The highest BCUT2D eigenvalue weighted by Crippen LogP contribution is 2.29. The van der Waals surface area contributed by atoms with Crippen LogP contribution in [0.25, 0.3) is 0 Å². The molecule has 1 atom stereocenters. The number of hydrogen-bond donors (Lipinski definition) is 2. The van der Waals surface area contributed by atoms with E-state index < -0.39 is 6.04 Å². The summed E-state index contributed by atoms with van der Waals surface area (Å²) in [6.45, 7) is 2.32. The first-order valence-electron chi connectivity index (χ1n) is 7.62. The monoisotopic (exact) mass is 309 g/mol. The second kappa shape index (κ2) is 6.22. The molecule has 2 amide bonds. The normalized spacial score (nSPS) is 14.3. The van der Waals surface area contributed by atoms with Crippen molar-refractivity contribution in [2.45, 2.75) is 19.4 Å². The van der Waals surface area contributed by atoms with Crippen LogP contribution in [-0.2, 0) is 11.2 Å². The molecule has 0 saturated heterocycles. The van der Waals surface area contributed by atoms with Crippen molar-refractivity contribution in [1.29, 1.82) is 0 Å². The second-order valence-corrected chi connectivity index (χ2v) is 5.69. The van der Waals surface area contributed by atoms with E-state index >= 15 is 0 Å². The number of amides is 2. The average Bonchev–Trinajstić information content (AvgIpc) is 2.99. The van der Waals surface area contributed by atoms with Gasteiger partial charge in [-0.15, -0.1) is 0 Å². The minimum atomic E-state index is -0.572. The molecule has 0 spiro atoms. The van der Waals surface area contributed by atoms with Gasteiger partial charge in [0.2, 0.25) is 5.91 Å². The van der Waals surface area contributed by atoms with Crippen molar-refractivity contribution >= 4 is 23.2 Å². The first kappa shape index (κ1) is 15.2. The van der Waals surface area contributed by atoms with Crippen LogP contribution in [0.5, 0.6) is 0 Å². The number of nitrogens with zero attached hydrogens (tertiary/aromatic N) is 1. The molecule has 0 radical (unpaired) electrons. The molecule has 1 aliphatic heterocycles. The molecule has 1 aliphatic rings. The molecule has 0 aromatic heterocycles. The van der Waals surface area contributed by atoms with E-state index in [-0.39, 0.29) is 11.8 Å². The maximum absolute atomic E-state index is 12.7. The predicted octanol–water partition coefficient (Wildman–Crippen LogP) is 2.18. The van der Waals surface area contributed by atoms with E-state index in [1.807, 2.05) is 18.2 Å². The maximum atomic E-state index is 12.7. The highest BCUT2D eigenvalue weighted by Gasteiger charge is 2.24. The summed E-state index contributed by atoms with van der Waals surface area (Å²) in [6.07, 6.45) is 0.879. The Morgan fingerprint density at radius 1 is 1.13 bits per heavy atom. The number of carbonyl (C=O) groups is 2. The number of fused-ring (bicyclic) bond motifs is 1. The molecule has 118 valence electrons. The third-order valence-corrected chi connectivity index (χ3v) is 3.95. The Hall–Kier alpha value is -2.66. The van der Waals surface area contributed by atoms with Crippen LogP contribution in [0.2, 0.25) is 0 Å². The lowest BCUT2D eigenvalue weighted by Gasteiger charge is -2.17. The van der Waals surface area contributed by atoms with Crippen molar-refractivity contribution in [2.24, 2.45) is 5.73 Å². The van der Waals surface area contributed by atoms with E-state index in [1.54, 1.807) is 36.1 Å². The predicted molar refractivity (Wildman–Crippen MR) is 90.5 cm³/mol. The lowest BCUT2D eigenvalue weighted by atomic mass is 10.1. The lowest BCUT2D eigenvalue weighted by molar-refractivity contribution is -0.117. The van der Waals surface area contributed by atoms with Gasteiger partial charge in [-0.1, -0.05) is 18.2 Å². The van der Waals surface area contributed by atoms with Crippen LogP contribution in [0.1, 0.15) is 22.8 Å². The summed E-state index contributed by atoms with van der Waals surface area (Å²) >= 11 is 0. The minimum absolute atomic E-state index is 0.0278. The van der Waals surface area contributed by atoms with Gasteiger partial charge in [0, 0.05) is 23.5 Å². The molecule has 2 aromatic carbocycles. The van der Waals surface area contributed by atoms with Gasteiger partial charge in [0.25, 0.3) is 5.91 Å². The third kappa shape index (κ3) is 3.10. The molecule has 0 bridgehead atoms. The van der Waals surface area contributed by atoms with Crippen LogP contribution in [0.4, 0.5) is 11.4 Å². The number of anilines is 2. The molecule has 23 heavy (non-hydrogen) atoms. The Bertz CT molecular complexity index is 738. The molecule has 2 aromatic rings. The number of hydrogen-bond acceptors (Lipinski definition) is 3. The Balaban J connectivity index is 1.75. The number of benzene rings is 2. The Morgan fingerprint density at radius 3 is 2.52 bits per heavy atom. The summed E-state index contributed by atoms with van der Waals surface area (Å²) in [5, 5.41) is 2.70. The standard InChI is InChI=1S/C18H19N3O2/c1-12(19)17(22)20-15-8-6-14(7-9-15)18(23)21-11-10-13-4-2-3-5-16(13)21/h2-9,12H,10-11,19H2,1H3,(H,20,22). The van der Waals surface area contributed by atoms with Crippen LogP contribution in [-0.4, -0.2) is 24.4 Å². The van der Waals surface area contributed by atoms with E-state index in [2.05, 4.69) is 11.4 Å². The van der Waals surface area contributed by atoms with Gasteiger partial charge in [-0.3, -0.25) is 9.59 Å². The molecule has 5 heteroatoms. The van der Waals surface area contributed by atoms with Crippen molar-refractivity contribution in [3.63, 3.8) is 0 Å². The van der Waals surface area contributed by atoms with Gasteiger partial charge in [0.05, 0.1) is 6.04 Å². The molecule has 3 N–H and O–H groups in total. The zero-order valence-electron chi connectivity index (χ0n) is 13.0. The summed E-state index contributed by atoms with van der Waals surface area (Å²) in [6, 6.07) is 14.3. The van der Waals surface area contributed by atoms with Gasteiger partial charge in [-0.25, -0.2) is 0 Å². The van der Waals surface area contributed by atoms with Gasteiger partial charge >= 0.3 is 0 Å². The number of rotatable bonds is 3. The molecule has 0 aliphatic carbocycles. The molecule has 0 saturated carbocycles. The first-order valence-corrected chi connectivity index (χ1v) is 7.62. The zero-order chi connectivity index (χ0) is 16.4. The molecule has 0 fully saturated rings. The highest BCUT2D eigenvalue weighted by atomic mass is 16.2. The van der Waals surface area contributed by atoms with Crippen molar-refractivity contribution in [3.8, 4) is 0 Å². The summed E-state index contributed by atoms with van der Waals surface area (Å²) in [5.74, 6) is -0.280. The van der Waals surface area contributed by atoms with E-state index in [0.717, 1.165) is 12.1 Å². The third-order valence-electron chi connectivity index (χ3n) is 3.95. The van der Waals surface area contributed by atoms with Crippen LogP contribution in [0, 0.1) is 0 Å². The quantitative estimate of drug-likeness (QED) is 0.912. The average molecular weight is 309 g/mol. The largest absolute Gasteiger partial charge is 0.325 e. The molecule has 3 rings (SSSR count). The number of carbonyl (C=O) groups excluding carboxylic acids is 2. The lowest BCUT2D eigenvalue weighted by Crippen LogP contribution is -2.32. The van der Waals surface area contributed by atoms with E-state index in [0.29, 0.717) is 17.8 Å². The van der Waals surface area contributed by atoms with Crippen LogP contribution >= 0.6 is 0 Å². The molecule has 1 unspecified atom stereocenters. The fraction of sp³-hybridized carbons (Fsp3) is 0.222. The SMILES string of the molecule is CC(N)C(=O)Nc1ccc(C(=O)N2CCc3ccccc32)cc1. The van der Waals surface area contributed by atoms with Crippen molar-refractivity contribution in [1.82, 2.24) is 0 Å². The van der Waals surface area contributed by atoms with E-state index in [9.17, 15) is 9.59 Å². The fourth-order valence-electron chi connectivity index (χ4n) is 2.66. The molecule has 5 nitrogen and oxygen atoms in total. The van der Waals surface area contributed by atoms with Gasteiger partial charge in [0.1, 0.15) is 0 Å². The van der Waals surface area contributed by atoms with Gasteiger partial charge in [-0.2, -0.15) is 0 Å². The van der Waals surface area contributed by atoms with Crippen molar-refractivity contribution in [2.75, 3.05) is 16.8 Å². The zero-order valence-corrected chi connectivity index (χ0v) is 13.0. The highest BCUT2D eigenvalue weighted by molar-refractivity contribution is 6.07. The van der Waals surface area contributed by atoms with Crippen LogP contribution in [0.3, 0.4) is 0 Å². The maximum Gasteiger partial charge on any atom is 0.258 e. The number of nitrogens with two attached hydrogens (primary N) is 1. The van der Waals surface area contributed by atoms with Gasteiger partial charge < -0.3 is 16.0 Å². The van der Waals surface area contributed by atoms with Crippen molar-refractivity contribution in [3.05, 3.63) is 59.7 Å². The fourth-order valence-corrected chi connectivity index (χ4v) is 2.66. The van der Waals surface area contributed by atoms with Crippen LogP contribution in [0.15, 0.2) is 48.5 Å². The van der Waals surface area contributed by atoms with Crippen molar-refractivity contribution < 1.29 is 9.59 Å². The Morgan fingerprint density at radius 2 is 1.83 bits per heavy atom. The smallest absolute Gasteiger partial charge is 0.258 e. The molecular formula is C18H19N3O2. The van der Waals surface area contributed by atoms with E-state index in [1.165, 1.54) is 5.56 Å². The molecule has 1 heterocycles. The van der Waals surface area contributed by atoms with Gasteiger partial charge in [0.15, 0.2) is 0 Å². The molecular weight excluding hydrogens is 290 g/mol. The number of para-hydroxylation sites is 1. The summed E-state index contributed by atoms with van der Waals surface area (Å²) in [4.78, 5) is 26.0. The van der Waals surface area contributed by atoms with E-state index in [4.69, 9.17) is 5.73 Å². The number of nitrogens with one attached hydrogen (secondary N) is 1. The first-order chi connectivity index (χ1) is 11.1. The topological polar surface area (TPSA) is 75.4 Å².